The number of esters is 1. The predicted molar refractivity (Wildman–Crippen MR) is 50.3 cm³/mol. The third kappa shape index (κ3) is 6.11. The Hall–Kier alpha value is -1.04. The molecule has 15 heavy (non-hydrogen) atoms. The highest BCUT2D eigenvalue weighted by Gasteiger charge is 2.19. The fourth-order valence-corrected chi connectivity index (χ4v) is 0.777. The quantitative estimate of drug-likeness (QED) is 0.276. The van der Waals surface area contributed by atoms with Crippen LogP contribution in [0.1, 0.15) is 6.92 Å². The lowest BCUT2D eigenvalue weighted by Crippen LogP contribution is -2.26. The molecule has 0 fully saturated rings. The molecule has 0 radical (unpaired) electrons. The van der Waals surface area contributed by atoms with Gasteiger partial charge in [0.15, 0.2) is 6.10 Å². The van der Waals surface area contributed by atoms with Crippen molar-refractivity contribution in [3.63, 3.8) is 0 Å². The molecule has 0 aliphatic carbocycles. The Morgan fingerprint density at radius 1 is 1.47 bits per heavy atom. The summed E-state index contributed by atoms with van der Waals surface area (Å²) in [5.74, 6) is -1.39. The smallest absolute Gasteiger partial charge is 0.421 e. The lowest BCUT2D eigenvalue weighted by Gasteiger charge is -2.08. The molecular formula is C7H13NO6P+. The van der Waals surface area contributed by atoms with E-state index in [0.29, 0.717) is 0 Å². The van der Waals surface area contributed by atoms with Crippen molar-refractivity contribution in [2.75, 3.05) is 20.7 Å². The normalized spacial score (nSPS) is 12.5. The number of nitrogens with zero attached hydrogens (tertiary/aromatic N) is 1. The molecule has 0 aromatic rings. The van der Waals surface area contributed by atoms with Crippen molar-refractivity contribution in [1.82, 2.24) is 4.67 Å². The lowest BCUT2D eigenvalue weighted by atomic mass is 10.4. The first kappa shape index (κ1) is 14.0. The van der Waals surface area contributed by atoms with E-state index in [1.807, 2.05) is 0 Å². The number of carbonyl (C=O) groups is 2. The summed E-state index contributed by atoms with van der Waals surface area (Å²) < 4.78 is 15.8. The highest BCUT2D eigenvalue weighted by atomic mass is 31.1. The molecule has 0 saturated carbocycles. The maximum absolute atomic E-state index is 11.0. The predicted octanol–water partition coefficient (Wildman–Crippen LogP) is -0.106. The second kappa shape index (κ2) is 7.28. The summed E-state index contributed by atoms with van der Waals surface area (Å²) in [6.07, 6.45) is -0.987. The van der Waals surface area contributed by atoms with E-state index in [9.17, 15) is 14.2 Å². The van der Waals surface area contributed by atoms with Gasteiger partial charge in [0.05, 0.1) is 7.11 Å². The Kier molecular flexibility index (Phi) is 6.77. The molecule has 0 aliphatic rings. The van der Waals surface area contributed by atoms with Gasteiger partial charge in [-0.25, -0.2) is 9.59 Å². The van der Waals surface area contributed by atoms with Gasteiger partial charge in [0.1, 0.15) is 6.54 Å². The van der Waals surface area contributed by atoms with Crippen molar-refractivity contribution in [2.24, 2.45) is 0 Å². The van der Waals surface area contributed by atoms with Crippen LogP contribution in [0.2, 0.25) is 0 Å². The zero-order valence-electron chi connectivity index (χ0n) is 8.68. The number of rotatable bonds is 6. The molecule has 0 heterocycles. The fourth-order valence-electron chi connectivity index (χ4n) is 0.583. The van der Waals surface area contributed by atoms with Gasteiger partial charge in [-0.3, -0.25) is 4.89 Å². The first-order valence-electron chi connectivity index (χ1n) is 4.04. The zero-order chi connectivity index (χ0) is 11.8. The van der Waals surface area contributed by atoms with Gasteiger partial charge in [-0.1, -0.05) is 9.24 Å². The van der Waals surface area contributed by atoms with Crippen LogP contribution in [0.3, 0.4) is 0 Å². The average molecular weight is 238 g/mol. The van der Waals surface area contributed by atoms with E-state index in [2.05, 4.69) is 14.5 Å². The van der Waals surface area contributed by atoms with E-state index in [4.69, 9.17) is 0 Å². The van der Waals surface area contributed by atoms with E-state index in [1.54, 1.807) is 0 Å². The molecule has 0 spiro atoms. The molecule has 86 valence electrons. The first-order chi connectivity index (χ1) is 7.01. The minimum atomic E-state index is -0.987. The SMILES string of the molecule is COC(=O)C(C)OOC(=O)CN(C)[PH+]=O. The number of hydrogen-bond donors (Lipinski definition) is 0. The van der Waals surface area contributed by atoms with Crippen LogP contribution in [0.4, 0.5) is 0 Å². The molecule has 0 aromatic heterocycles. The third-order valence-electron chi connectivity index (χ3n) is 1.34. The zero-order valence-corrected chi connectivity index (χ0v) is 9.68. The van der Waals surface area contributed by atoms with Crippen LogP contribution in [0, 0.1) is 0 Å². The second-order valence-electron chi connectivity index (χ2n) is 2.66. The van der Waals surface area contributed by atoms with Gasteiger partial charge in [-0.05, 0) is 6.92 Å². The molecule has 0 aromatic carbocycles. The van der Waals surface area contributed by atoms with Crippen molar-refractivity contribution >= 4 is 20.5 Å². The van der Waals surface area contributed by atoms with Crippen LogP contribution in [-0.2, 0) is 28.7 Å². The maximum atomic E-state index is 11.0. The van der Waals surface area contributed by atoms with Crippen molar-refractivity contribution in [3.05, 3.63) is 0 Å². The monoisotopic (exact) mass is 238 g/mol. The van der Waals surface area contributed by atoms with Crippen LogP contribution in [0.25, 0.3) is 0 Å². The Labute approximate surface area is 88.5 Å². The van der Waals surface area contributed by atoms with Gasteiger partial charge in [0, 0.05) is 7.05 Å². The van der Waals surface area contributed by atoms with E-state index in [-0.39, 0.29) is 6.54 Å². The summed E-state index contributed by atoms with van der Waals surface area (Å²) in [6, 6.07) is 0. The number of methoxy groups -OCH3 is 1. The highest BCUT2D eigenvalue weighted by Crippen LogP contribution is 2.01. The first-order valence-corrected chi connectivity index (χ1v) is 4.89. The number of carbonyl (C=O) groups excluding carboxylic acids is 2. The Balaban J connectivity index is 3.80. The summed E-state index contributed by atoms with van der Waals surface area (Å²) in [4.78, 5) is 30.5. The standard InChI is InChI=1S/C7H12NO6P/c1-5(7(10)12-3)13-14-6(9)4-8(2)15-11/h5H,4H2,1-3H3/p+1. The molecule has 8 heteroatoms. The Morgan fingerprint density at radius 2 is 2.07 bits per heavy atom. The van der Waals surface area contributed by atoms with E-state index >= 15 is 0 Å². The molecule has 2 atom stereocenters. The van der Waals surface area contributed by atoms with Crippen LogP contribution in [-0.4, -0.2) is 43.4 Å². The Bertz CT molecular complexity index is 246. The largest absolute Gasteiger partial charge is 0.467 e. The number of hydrogen-bond acceptors (Lipinski definition) is 6. The summed E-state index contributed by atoms with van der Waals surface area (Å²) in [6.45, 7) is 1.19. The van der Waals surface area contributed by atoms with Gasteiger partial charge in [0.25, 0.3) is 0 Å². The van der Waals surface area contributed by atoms with Gasteiger partial charge < -0.3 is 4.74 Å². The van der Waals surface area contributed by atoms with Crippen molar-refractivity contribution in [2.45, 2.75) is 13.0 Å². The van der Waals surface area contributed by atoms with Crippen molar-refractivity contribution < 1.29 is 28.7 Å². The second-order valence-corrected chi connectivity index (χ2v) is 3.61. The van der Waals surface area contributed by atoms with Gasteiger partial charge in [0.2, 0.25) is 0 Å². The molecule has 0 bridgehead atoms. The maximum Gasteiger partial charge on any atom is 0.421 e. The van der Waals surface area contributed by atoms with Crippen LogP contribution >= 0.6 is 8.61 Å². The van der Waals surface area contributed by atoms with Gasteiger partial charge in [-0.2, -0.15) is 4.89 Å². The molecule has 0 rings (SSSR count). The van der Waals surface area contributed by atoms with Crippen LogP contribution in [0.5, 0.6) is 0 Å². The van der Waals surface area contributed by atoms with Gasteiger partial charge in [-0.15, -0.1) is 0 Å². The van der Waals surface area contributed by atoms with E-state index in [0.717, 1.165) is 0 Å². The summed E-state index contributed by atoms with van der Waals surface area (Å²) >= 11 is 0. The number of likely N-dealkylation sites (N-methyl/N-ethyl adjacent to an activating group) is 1. The summed E-state index contributed by atoms with van der Waals surface area (Å²) in [7, 11) is 1.91. The van der Waals surface area contributed by atoms with Crippen molar-refractivity contribution in [1.29, 1.82) is 0 Å². The summed E-state index contributed by atoms with van der Waals surface area (Å²) in [5, 5.41) is 0. The minimum Gasteiger partial charge on any atom is -0.467 e. The van der Waals surface area contributed by atoms with Crippen LogP contribution < -0.4 is 0 Å². The highest BCUT2D eigenvalue weighted by molar-refractivity contribution is 7.20. The molecule has 0 saturated heterocycles. The molecule has 0 aliphatic heterocycles. The topological polar surface area (TPSA) is 82.1 Å². The molecular weight excluding hydrogens is 225 g/mol. The molecule has 7 nitrogen and oxygen atoms in total. The fraction of sp³-hybridized carbons (Fsp3) is 0.714. The molecule has 0 N–H and O–H groups in total. The van der Waals surface area contributed by atoms with E-state index in [1.165, 1.54) is 25.8 Å². The van der Waals surface area contributed by atoms with Gasteiger partial charge >= 0.3 is 20.5 Å². The minimum absolute atomic E-state index is 0.185. The lowest BCUT2D eigenvalue weighted by molar-refractivity contribution is -0.292. The Morgan fingerprint density at radius 3 is 2.53 bits per heavy atom. The number of ether oxygens (including phenoxy) is 1. The summed E-state index contributed by atoms with van der Waals surface area (Å²) in [5.41, 5.74) is 0. The molecule has 0 amide bonds. The third-order valence-corrected chi connectivity index (χ3v) is 1.81. The molecule has 2 unspecified atom stereocenters. The van der Waals surface area contributed by atoms with Crippen LogP contribution in [0.15, 0.2) is 0 Å². The average Bonchev–Trinajstić information content (AvgIpc) is 2.24. The van der Waals surface area contributed by atoms with Crippen molar-refractivity contribution in [3.8, 4) is 0 Å². The van der Waals surface area contributed by atoms with E-state index < -0.39 is 26.7 Å².